The second kappa shape index (κ2) is 17.2. The fourth-order valence-corrected chi connectivity index (χ4v) is 7.45. The number of carbonyl (C=O) groups excluding carboxylic acids is 1. The molecule has 0 saturated carbocycles. The van der Waals surface area contributed by atoms with Gasteiger partial charge in [-0.05, 0) is 97.5 Å². The highest BCUT2D eigenvalue weighted by molar-refractivity contribution is 6.53. The van der Waals surface area contributed by atoms with Crippen molar-refractivity contribution in [3.8, 4) is 0 Å². The largest absolute Gasteiger partial charge is 0.442 e. The highest BCUT2D eigenvalue weighted by Crippen LogP contribution is 2.53. The molecule has 6 rings (SSSR count). The van der Waals surface area contributed by atoms with Crippen molar-refractivity contribution >= 4 is 74.9 Å². The summed E-state index contributed by atoms with van der Waals surface area (Å²) < 4.78 is 6.55. The van der Waals surface area contributed by atoms with Gasteiger partial charge in [0.05, 0.1) is 25.7 Å². The maximum absolute atomic E-state index is 14.1. The molecule has 1 aliphatic rings. The van der Waals surface area contributed by atoms with Gasteiger partial charge in [-0.15, -0.1) is 0 Å². The van der Waals surface area contributed by atoms with E-state index in [9.17, 15) is 4.79 Å². The zero-order valence-corrected chi connectivity index (χ0v) is 33.5. The molecule has 0 aromatic heterocycles. The van der Waals surface area contributed by atoms with Crippen LogP contribution in [0.5, 0.6) is 0 Å². The van der Waals surface area contributed by atoms with Gasteiger partial charge in [0, 0.05) is 30.0 Å². The molecule has 1 heterocycles. The molecule has 0 saturated heterocycles. The van der Waals surface area contributed by atoms with E-state index in [1.807, 2.05) is 101 Å². The van der Waals surface area contributed by atoms with Crippen LogP contribution in [-0.4, -0.2) is 19.1 Å². The van der Waals surface area contributed by atoms with Crippen LogP contribution in [0.3, 0.4) is 0 Å². The average molecular weight is 795 g/mol. The van der Waals surface area contributed by atoms with Crippen LogP contribution in [-0.2, 0) is 10.3 Å². The van der Waals surface area contributed by atoms with Gasteiger partial charge in [-0.25, -0.2) is 4.79 Å². The van der Waals surface area contributed by atoms with E-state index >= 15 is 0 Å². The van der Waals surface area contributed by atoms with Gasteiger partial charge in [0.2, 0.25) is 0 Å². The molecule has 0 bridgehead atoms. The maximum Gasteiger partial charge on any atom is 0.341 e. The van der Waals surface area contributed by atoms with E-state index in [0.29, 0.717) is 18.7 Å². The van der Waals surface area contributed by atoms with Crippen molar-refractivity contribution in [3.63, 3.8) is 0 Å². The minimum atomic E-state index is -1.59. The second-order valence-electron chi connectivity index (χ2n) is 13.1. The molecule has 0 aliphatic carbocycles. The van der Waals surface area contributed by atoms with Crippen molar-refractivity contribution in [1.82, 2.24) is 0 Å². The Morgan fingerprint density at radius 3 is 1.33 bits per heavy atom. The lowest BCUT2D eigenvalue weighted by Crippen LogP contribution is -2.23. The summed E-state index contributed by atoms with van der Waals surface area (Å²) in [6.45, 7) is 9.47. The number of fused-ring (bicyclic) bond motifs is 1. The highest BCUT2D eigenvalue weighted by Gasteiger charge is 2.48. The number of halogens is 4. The molecule has 2 N–H and O–H groups in total. The van der Waals surface area contributed by atoms with Gasteiger partial charge in [0.1, 0.15) is 0 Å². The summed E-state index contributed by atoms with van der Waals surface area (Å²) in [5.41, 5.74) is 8.15. The molecule has 8 heteroatoms. The quantitative estimate of drug-likeness (QED) is 0.0572. The topological polar surface area (TPSA) is 50.4 Å². The zero-order chi connectivity index (χ0) is 38.4. The molecular weight excluding hydrogens is 754 g/mol. The van der Waals surface area contributed by atoms with Gasteiger partial charge < -0.3 is 15.4 Å². The number of anilines is 2. The zero-order valence-electron chi connectivity index (χ0n) is 30.4. The summed E-state index contributed by atoms with van der Waals surface area (Å²) in [6.07, 6.45) is 12.0. The summed E-state index contributed by atoms with van der Waals surface area (Å²) in [7, 11) is 0. The Labute approximate surface area is 337 Å². The van der Waals surface area contributed by atoms with E-state index in [-0.39, 0.29) is 25.7 Å². The third-order valence-electron chi connectivity index (χ3n) is 9.28. The minimum Gasteiger partial charge on any atom is -0.442 e. The molecule has 4 nitrogen and oxygen atoms in total. The van der Waals surface area contributed by atoms with E-state index in [1.165, 1.54) is 0 Å². The molecule has 0 amide bonds. The second-order valence-corrected chi connectivity index (χ2v) is 14.6. The third-order valence-corrected chi connectivity index (χ3v) is 11.1. The number of hydrogen-bond acceptors (Lipinski definition) is 4. The van der Waals surface area contributed by atoms with Crippen molar-refractivity contribution < 1.29 is 9.53 Å². The van der Waals surface area contributed by atoms with E-state index in [0.717, 1.165) is 55.9 Å². The van der Waals surface area contributed by atoms with Crippen molar-refractivity contribution in [3.05, 3.63) is 198 Å². The lowest BCUT2D eigenvalue weighted by atomic mass is 9.83. The maximum atomic E-state index is 14.1. The fraction of sp³-hybridized carbons (Fsp3) is 0.152. The first-order valence-electron chi connectivity index (χ1n) is 17.7. The summed E-state index contributed by atoms with van der Waals surface area (Å²) in [5.74, 6) is -0.665. The standard InChI is InChI=1S/C46H40Cl4N2O2/c1-5-7-25-51-35-21-17-33(18-22-35)37(31-13-9-29(3)10-14-31)27-46(40-39(45(53)54-46)41(47)43(49)44(50)42(40)48)28-38(32-15-11-30(4)12-16-32)34-19-23-36(24-20-34)52-26-8-6-2/h5-24,27-28,51-52H,25-26H2,1-4H3. The van der Waals surface area contributed by atoms with Crippen LogP contribution < -0.4 is 10.6 Å². The minimum absolute atomic E-state index is 0.0117. The van der Waals surface area contributed by atoms with Crippen molar-refractivity contribution in [2.45, 2.75) is 33.3 Å². The van der Waals surface area contributed by atoms with Gasteiger partial charge in [-0.1, -0.05) is 155 Å². The Bertz CT molecular complexity index is 2150. The van der Waals surface area contributed by atoms with Gasteiger partial charge >= 0.3 is 5.97 Å². The summed E-state index contributed by atoms with van der Waals surface area (Å²) in [4.78, 5) is 14.1. The summed E-state index contributed by atoms with van der Waals surface area (Å²) in [5, 5.41) is 6.92. The molecule has 274 valence electrons. The number of esters is 1. The Hall–Kier alpha value is -4.71. The number of nitrogens with one attached hydrogen (secondary N) is 2. The first-order valence-corrected chi connectivity index (χ1v) is 19.2. The normalized spacial score (nSPS) is 15.9. The summed E-state index contributed by atoms with van der Waals surface area (Å²) >= 11 is 27.3. The number of benzene rings is 5. The Balaban J connectivity index is 1.66. The van der Waals surface area contributed by atoms with Crippen molar-refractivity contribution in [1.29, 1.82) is 0 Å². The van der Waals surface area contributed by atoms with Crippen LogP contribution in [0.1, 0.15) is 63.1 Å². The van der Waals surface area contributed by atoms with E-state index < -0.39 is 11.6 Å². The molecular formula is C46H40Cl4N2O2. The number of carbonyl (C=O) groups is 1. The van der Waals surface area contributed by atoms with Crippen LogP contribution >= 0.6 is 46.4 Å². The van der Waals surface area contributed by atoms with Crippen LogP contribution in [0.4, 0.5) is 11.4 Å². The molecule has 1 aliphatic heterocycles. The first-order chi connectivity index (χ1) is 26.0. The number of aryl methyl sites for hydroxylation is 2. The molecule has 5 aromatic rings. The molecule has 5 aromatic carbocycles. The van der Waals surface area contributed by atoms with Crippen molar-refractivity contribution in [2.24, 2.45) is 0 Å². The first kappa shape index (κ1) is 39.0. The molecule has 54 heavy (non-hydrogen) atoms. The van der Waals surface area contributed by atoms with Gasteiger partial charge in [-0.3, -0.25) is 0 Å². The van der Waals surface area contributed by atoms with Crippen LogP contribution in [0.15, 0.2) is 134 Å². The van der Waals surface area contributed by atoms with Gasteiger partial charge in [-0.2, -0.15) is 0 Å². The predicted octanol–water partition coefficient (Wildman–Crippen LogP) is 13.5. The number of allylic oxidation sites excluding steroid dienone is 2. The average Bonchev–Trinajstić information content (AvgIpc) is 3.47. The van der Waals surface area contributed by atoms with E-state index in [1.54, 1.807) is 0 Å². The smallest absolute Gasteiger partial charge is 0.341 e. The number of ether oxygens (including phenoxy) is 1. The SMILES string of the molecule is CC=CCNc1ccc(C(=CC2(C=C(c3ccc(C)cc3)c3ccc(NCC=CC)cc3)OC(=O)c3c(Cl)c(Cl)c(Cl)c(Cl)c32)c2ccc(C)cc2)cc1. The lowest BCUT2D eigenvalue weighted by molar-refractivity contribution is 0.0300. The molecule has 0 atom stereocenters. The Kier molecular flexibility index (Phi) is 12.4. The van der Waals surface area contributed by atoms with E-state index in [2.05, 4.69) is 71.3 Å². The number of hydrogen-bond donors (Lipinski definition) is 2. The molecule has 0 fully saturated rings. The predicted molar refractivity (Wildman–Crippen MR) is 230 cm³/mol. The van der Waals surface area contributed by atoms with Crippen molar-refractivity contribution in [2.75, 3.05) is 23.7 Å². The monoisotopic (exact) mass is 792 g/mol. The third kappa shape index (κ3) is 8.33. The highest BCUT2D eigenvalue weighted by atomic mass is 35.5. The Morgan fingerprint density at radius 2 is 0.944 bits per heavy atom. The molecule has 0 spiro atoms. The molecule has 0 unspecified atom stereocenters. The van der Waals surface area contributed by atoms with Crippen LogP contribution in [0.2, 0.25) is 20.1 Å². The Morgan fingerprint density at radius 1 is 0.574 bits per heavy atom. The van der Waals surface area contributed by atoms with Crippen LogP contribution in [0.25, 0.3) is 11.1 Å². The lowest BCUT2D eigenvalue weighted by Gasteiger charge is -2.27. The van der Waals surface area contributed by atoms with Crippen LogP contribution in [0, 0.1) is 13.8 Å². The molecule has 0 radical (unpaired) electrons. The van der Waals surface area contributed by atoms with Gasteiger partial charge in [0.25, 0.3) is 0 Å². The van der Waals surface area contributed by atoms with Gasteiger partial charge in [0.15, 0.2) is 5.60 Å². The fourth-order valence-electron chi connectivity index (χ4n) is 6.38. The summed E-state index contributed by atoms with van der Waals surface area (Å²) in [6, 6.07) is 32.7. The number of cyclic esters (lactones) is 1. The number of rotatable bonds is 12. The van der Waals surface area contributed by atoms with E-state index in [4.69, 9.17) is 51.1 Å².